The van der Waals surface area contributed by atoms with Crippen molar-refractivity contribution in [3.63, 3.8) is 0 Å². The molecule has 2 heterocycles. The lowest BCUT2D eigenvalue weighted by atomic mass is 9.70. The Kier molecular flexibility index (Phi) is 3.92. The second-order valence-corrected chi connectivity index (χ2v) is 7.03. The molecule has 1 saturated carbocycles. The summed E-state index contributed by atoms with van der Waals surface area (Å²) in [5, 5.41) is 7.05. The molecule has 4 heteroatoms. The Balaban J connectivity index is 1.75. The van der Waals surface area contributed by atoms with Gasteiger partial charge in [-0.05, 0) is 51.5 Å². The Morgan fingerprint density at radius 1 is 1.58 bits per heavy atom. The standard InChI is InChI=1S/C15H24N2OS/c1-3-16-14(13-10-19-11(2)17-13)12-5-8-18-15(9-12)6-4-7-15/h10,12,14,16H,3-9H2,1-2H3. The molecular weight excluding hydrogens is 256 g/mol. The molecule has 1 spiro atoms. The molecule has 2 aliphatic rings. The second kappa shape index (κ2) is 5.51. The minimum absolute atomic E-state index is 0.224. The van der Waals surface area contributed by atoms with Gasteiger partial charge in [0.2, 0.25) is 0 Å². The highest BCUT2D eigenvalue weighted by molar-refractivity contribution is 7.09. The fourth-order valence-corrected chi connectivity index (χ4v) is 4.17. The molecule has 1 N–H and O–H groups in total. The van der Waals surface area contributed by atoms with Gasteiger partial charge in [-0.15, -0.1) is 11.3 Å². The maximum Gasteiger partial charge on any atom is 0.0898 e. The summed E-state index contributed by atoms with van der Waals surface area (Å²) in [7, 11) is 0. The molecule has 0 radical (unpaired) electrons. The number of nitrogens with one attached hydrogen (secondary N) is 1. The molecule has 2 unspecified atom stereocenters. The van der Waals surface area contributed by atoms with Gasteiger partial charge in [-0.25, -0.2) is 4.98 Å². The second-order valence-electron chi connectivity index (χ2n) is 5.96. The number of rotatable bonds is 4. The summed E-state index contributed by atoms with van der Waals surface area (Å²) < 4.78 is 6.06. The number of aromatic nitrogens is 1. The first-order valence-electron chi connectivity index (χ1n) is 7.52. The summed E-state index contributed by atoms with van der Waals surface area (Å²) in [4.78, 5) is 4.71. The smallest absolute Gasteiger partial charge is 0.0898 e. The van der Waals surface area contributed by atoms with Crippen LogP contribution in [0.4, 0.5) is 0 Å². The number of hydrogen-bond donors (Lipinski definition) is 1. The fraction of sp³-hybridized carbons (Fsp3) is 0.800. The van der Waals surface area contributed by atoms with Crippen LogP contribution in [-0.4, -0.2) is 23.7 Å². The van der Waals surface area contributed by atoms with Crippen LogP contribution in [0, 0.1) is 12.8 Å². The summed E-state index contributed by atoms with van der Waals surface area (Å²) in [5.41, 5.74) is 1.47. The van der Waals surface area contributed by atoms with Crippen LogP contribution in [0.3, 0.4) is 0 Å². The van der Waals surface area contributed by atoms with Crippen LogP contribution < -0.4 is 5.32 Å². The predicted molar refractivity (Wildman–Crippen MR) is 78.5 cm³/mol. The van der Waals surface area contributed by atoms with Crippen LogP contribution in [0.15, 0.2) is 5.38 Å². The van der Waals surface area contributed by atoms with Crippen LogP contribution in [0.25, 0.3) is 0 Å². The molecule has 0 aromatic carbocycles. The maximum absolute atomic E-state index is 6.06. The van der Waals surface area contributed by atoms with E-state index in [2.05, 4.69) is 24.5 Å². The lowest BCUT2D eigenvalue weighted by Crippen LogP contribution is -2.48. The molecule has 1 aromatic heterocycles. The van der Waals surface area contributed by atoms with E-state index in [1.165, 1.54) is 36.4 Å². The van der Waals surface area contributed by atoms with Crippen molar-refractivity contribution in [1.29, 1.82) is 0 Å². The normalized spacial score (nSPS) is 27.2. The zero-order valence-electron chi connectivity index (χ0n) is 11.9. The lowest BCUT2D eigenvalue weighted by molar-refractivity contribution is -0.147. The summed E-state index contributed by atoms with van der Waals surface area (Å²) in [5.74, 6) is 0.676. The van der Waals surface area contributed by atoms with Gasteiger partial charge in [0.1, 0.15) is 0 Å². The summed E-state index contributed by atoms with van der Waals surface area (Å²) >= 11 is 1.76. The van der Waals surface area contributed by atoms with E-state index in [9.17, 15) is 0 Å². The zero-order chi connectivity index (χ0) is 13.3. The first-order valence-corrected chi connectivity index (χ1v) is 8.40. The van der Waals surface area contributed by atoms with Crippen LogP contribution in [0.2, 0.25) is 0 Å². The number of thiazole rings is 1. The lowest BCUT2D eigenvalue weighted by Gasteiger charge is -2.48. The maximum atomic E-state index is 6.06. The predicted octanol–water partition coefficient (Wildman–Crippen LogP) is 3.45. The van der Waals surface area contributed by atoms with Gasteiger partial charge >= 0.3 is 0 Å². The SMILES string of the molecule is CCNC(c1csc(C)n1)C1CCOC2(CCC2)C1. The highest BCUT2D eigenvalue weighted by Gasteiger charge is 2.44. The highest BCUT2D eigenvalue weighted by Crippen LogP contribution is 2.47. The Morgan fingerprint density at radius 3 is 3.00 bits per heavy atom. The minimum Gasteiger partial charge on any atom is -0.375 e. The summed E-state index contributed by atoms with van der Waals surface area (Å²) in [6.07, 6.45) is 6.24. The molecule has 106 valence electrons. The van der Waals surface area contributed by atoms with Gasteiger partial charge in [-0.1, -0.05) is 6.92 Å². The van der Waals surface area contributed by atoms with E-state index in [0.717, 1.165) is 19.6 Å². The van der Waals surface area contributed by atoms with Crippen molar-refractivity contribution in [2.75, 3.05) is 13.2 Å². The molecule has 2 atom stereocenters. The number of nitrogens with zero attached hydrogens (tertiary/aromatic N) is 1. The average molecular weight is 280 g/mol. The van der Waals surface area contributed by atoms with E-state index in [4.69, 9.17) is 9.72 Å². The molecule has 2 fully saturated rings. The van der Waals surface area contributed by atoms with Gasteiger partial charge in [0.15, 0.2) is 0 Å². The van der Waals surface area contributed by atoms with E-state index in [1.54, 1.807) is 11.3 Å². The quantitative estimate of drug-likeness (QED) is 0.917. The molecule has 3 nitrogen and oxygen atoms in total. The summed E-state index contributed by atoms with van der Waals surface area (Å²) in [6.45, 7) is 6.21. The monoisotopic (exact) mass is 280 g/mol. The van der Waals surface area contributed by atoms with Crippen LogP contribution in [0.5, 0.6) is 0 Å². The van der Waals surface area contributed by atoms with E-state index in [-0.39, 0.29) is 5.60 Å². The van der Waals surface area contributed by atoms with Gasteiger partial charge in [0.25, 0.3) is 0 Å². The van der Waals surface area contributed by atoms with Crippen LogP contribution >= 0.6 is 11.3 Å². The van der Waals surface area contributed by atoms with Gasteiger partial charge in [0, 0.05) is 12.0 Å². The molecule has 1 saturated heterocycles. The fourth-order valence-electron chi connectivity index (χ4n) is 3.53. The molecule has 0 bridgehead atoms. The van der Waals surface area contributed by atoms with E-state index in [0.29, 0.717) is 12.0 Å². The summed E-state index contributed by atoms with van der Waals surface area (Å²) in [6, 6.07) is 0.413. The molecule has 1 aromatic rings. The van der Waals surface area contributed by atoms with E-state index in [1.807, 2.05) is 0 Å². The van der Waals surface area contributed by atoms with Crippen molar-refractivity contribution in [2.45, 2.75) is 57.6 Å². The number of hydrogen-bond acceptors (Lipinski definition) is 4. The Labute approximate surface area is 119 Å². The first-order chi connectivity index (χ1) is 9.22. The molecule has 19 heavy (non-hydrogen) atoms. The first kappa shape index (κ1) is 13.5. The van der Waals surface area contributed by atoms with Crippen molar-refractivity contribution < 1.29 is 4.74 Å². The Morgan fingerprint density at radius 2 is 2.42 bits per heavy atom. The average Bonchev–Trinajstić information content (AvgIpc) is 2.80. The molecule has 3 rings (SSSR count). The van der Waals surface area contributed by atoms with E-state index < -0.39 is 0 Å². The van der Waals surface area contributed by atoms with E-state index >= 15 is 0 Å². The van der Waals surface area contributed by atoms with Gasteiger partial charge in [0.05, 0.1) is 22.3 Å². The van der Waals surface area contributed by atoms with Crippen molar-refractivity contribution in [3.8, 4) is 0 Å². The van der Waals surface area contributed by atoms with Crippen molar-refractivity contribution >= 4 is 11.3 Å². The van der Waals surface area contributed by atoms with Crippen LogP contribution in [0.1, 0.15) is 55.8 Å². The van der Waals surface area contributed by atoms with Crippen molar-refractivity contribution in [1.82, 2.24) is 10.3 Å². The highest BCUT2D eigenvalue weighted by atomic mass is 32.1. The van der Waals surface area contributed by atoms with Gasteiger partial charge in [-0.2, -0.15) is 0 Å². The Bertz CT molecular complexity index is 428. The van der Waals surface area contributed by atoms with Gasteiger partial charge in [-0.3, -0.25) is 0 Å². The third-order valence-corrected chi connectivity index (χ3v) is 5.44. The number of ether oxygens (including phenoxy) is 1. The molecule has 1 aliphatic carbocycles. The zero-order valence-corrected chi connectivity index (χ0v) is 12.8. The Hall–Kier alpha value is -0.450. The van der Waals surface area contributed by atoms with Crippen LogP contribution in [-0.2, 0) is 4.74 Å². The van der Waals surface area contributed by atoms with Crippen molar-refractivity contribution in [2.24, 2.45) is 5.92 Å². The molecule has 1 aliphatic heterocycles. The topological polar surface area (TPSA) is 34.2 Å². The molecular formula is C15H24N2OS. The number of aryl methyl sites for hydroxylation is 1. The minimum atomic E-state index is 0.224. The van der Waals surface area contributed by atoms with Crippen molar-refractivity contribution in [3.05, 3.63) is 16.1 Å². The third-order valence-electron chi connectivity index (χ3n) is 4.65. The van der Waals surface area contributed by atoms with Gasteiger partial charge < -0.3 is 10.1 Å². The molecule has 0 amide bonds. The largest absolute Gasteiger partial charge is 0.375 e. The third kappa shape index (κ3) is 2.71.